The van der Waals surface area contributed by atoms with E-state index in [0.29, 0.717) is 16.4 Å². The number of carbonyl (C=O) groups is 2. The molecule has 0 spiro atoms. The van der Waals surface area contributed by atoms with Crippen LogP contribution in [0.5, 0.6) is 0 Å². The van der Waals surface area contributed by atoms with E-state index in [1.165, 1.54) is 30.4 Å². The summed E-state index contributed by atoms with van der Waals surface area (Å²) in [5.41, 5.74) is 3.09. The Bertz CT molecular complexity index is 1000. The molecule has 0 N–H and O–H groups in total. The number of hydrogen-bond acceptors (Lipinski definition) is 5. The summed E-state index contributed by atoms with van der Waals surface area (Å²) in [6.45, 7) is 3.54. The Morgan fingerprint density at radius 1 is 1.14 bits per heavy atom. The summed E-state index contributed by atoms with van der Waals surface area (Å²) in [5.74, 6) is -0.914. The molecule has 3 rings (SSSR count). The van der Waals surface area contributed by atoms with Gasteiger partial charge in [-0.25, -0.2) is 9.37 Å². The lowest BCUT2D eigenvalue weighted by Crippen LogP contribution is -2.23. The molecule has 2 aromatic carbocycles. The predicted molar refractivity (Wildman–Crippen MR) is 111 cm³/mol. The summed E-state index contributed by atoms with van der Waals surface area (Å²) in [6, 6.07) is 13.4. The van der Waals surface area contributed by atoms with E-state index < -0.39 is 5.97 Å². The third-order valence-corrected chi connectivity index (χ3v) is 5.18. The van der Waals surface area contributed by atoms with Crippen LogP contribution in [0.4, 0.5) is 15.2 Å². The highest BCUT2D eigenvalue weighted by atomic mass is 32.1. The van der Waals surface area contributed by atoms with Gasteiger partial charge in [0.15, 0.2) is 5.13 Å². The van der Waals surface area contributed by atoms with Crippen LogP contribution in [0.1, 0.15) is 30.7 Å². The van der Waals surface area contributed by atoms with Gasteiger partial charge in [0, 0.05) is 12.3 Å². The lowest BCUT2D eigenvalue weighted by atomic mass is 10.1. The Hall–Kier alpha value is -3.06. The van der Waals surface area contributed by atoms with E-state index >= 15 is 0 Å². The molecular formula is C22H21FN2O3S. The van der Waals surface area contributed by atoms with Gasteiger partial charge in [0.25, 0.3) is 0 Å². The van der Waals surface area contributed by atoms with E-state index in [2.05, 4.69) is 4.98 Å². The molecule has 0 unspecified atom stereocenters. The van der Waals surface area contributed by atoms with Crippen molar-refractivity contribution in [1.29, 1.82) is 0 Å². The molecule has 5 nitrogen and oxygen atoms in total. The van der Waals surface area contributed by atoms with Crippen molar-refractivity contribution in [2.75, 3.05) is 4.90 Å². The number of anilines is 2. The number of aryl methyl sites for hydroxylation is 1. The number of aromatic nitrogens is 1. The fraction of sp³-hybridized carbons (Fsp3) is 0.227. The molecule has 0 atom stereocenters. The summed E-state index contributed by atoms with van der Waals surface area (Å²) in [7, 11) is 0. The number of para-hydroxylation sites is 1. The molecule has 0 bridgehead atoms. The summed E-state index contributed by atoms with van der Waals surface area (Å²) >= 11 is 1.32. The van der Waals surface area contributed by atoms with Crippen molar-refractivity contribution in [1.82, 2.24) is 4.98 Å². The van der Waals surface area contributed by atoms with Gasteiger partial charge >= 0.3 is 5.97 Å². The highest BCUT2D eigenvalue weighted by molar-refractivity contribution is 7.14. The van der Waals surface area contributed by atoms with Crippen LogP contribution in [-0.2, 0) is 33.8 Å². The Balaban J connectivity index is 1.68. The average Bonchev–Trinajstić information content (AvgIpc) is 3.17. The van der Waals surface area contributed by atoms with Gasteiger partial charge < -0.3 is 4.74 Å². The van der Waals surface area contributed by atoms with Gasteiger partial charge in [0.2, 0.25) is 5.91 Å². The fourth-order valence-electron chi connectivity index (χ4n) is 2.87. The lowest BCUT2D eigenvalue weighted by molar-refractivity contribution is -0.144. The Kier molecular flexibility index (Phi) is 6.72. The third-order valence-electron chi connectivity index (χ3n) is 4.30. The topological polar surface area (TPSA) is 59.5 Å². The van der Waals surface area contributed by atoms with Crippen molar-refractivity contribution in [2.24, 2.45) is 0 Å². The minimum absolute atomic E-state index is 0.0116. The molecule has 1 aromatic heterocycles. The van der Waals surface area contributed by atoms with E-state index in [1.54, 1.807) is 22.4 Å². The molecule has 150 valence electrons. The van der Waals surface area contributed by atoms with Crippen LogP contribution in [-0.4, -0.2) is 16.9 Å². The molecule has 1 heterocycles. The first-order valence-electron chi connectivity index (χ1n) is 9.21. The number of thiazole rings is 1. The Morgan fingerprint density at radius 3 is 2.55 bits per heavy atom. The third kappa shape index (κ3) is 5.26. The molecule has 29 heavy (non-hydrogen) atoms. The van der Waals surface area contributed by atoms with Gasteiger partial charge in [0.05, 0.1) is 17.8 Å². The summed E-state index contributed by atoms with van der Waals surface area (Å²) in [6.07, 6.45) is 0.847. The second-order valence-electron chi connectivity index (χ2n) is 6.42. The number of rotatable bonds is 7. The van der Waals surface area contributed by atoms with E-state index in [-0.39, 0.29) is 24.8 Å². The number of carbonyl (C=O) groups excluding carboxylic acids is 2. The van der Waals surface area contributed by atoms with E-state index in [4.69, 9.17) is 4.74 Å². The largest absolute Gasteiger partial charge is 0.459 e. The van der Waals surface area contributed by atoms with Crippen LogP contribution in [0.25, 0.3) is 0 Å². The maximum Gasteiger partial charge on any atom is 0.310 e. The highest BCUT2D eigenvalue weighted by Crippen LogP contribution is 2.31. The quantitative estimate of drug-likeness (QED) is 0.522. The maximum absolute atomic E-state index is 12.9. The molecule has 0 aliphatic carbocycles. The molecule has 3 aromatic rings. The van der Waals surface area contributed by atoms with Gasteiger partial charge in [0.1, 0.15) is 12.4 Å². The van der Waals surface area contributed by atoms with Gasteiger partial charge in [-0.15, -0.1) is 11.3 Å². The number of benzene rings is 2. The summed E-state index contributed by atoms with van der Waals surface area (Å²) < 4.78 is 18.2. The second kappa shape index (κ2) is 9.43. The van der Waals surface area contributed by atoms with E-state index in [1.807, 2.05) is 31.2 Å². The minimum Gasteiger partial charge on any atom is -0.459 e. The molecule has 0 saturated carbocycles. The number of esters is 1. The van der Waals surface area contributed by atoms with E-state index in [9.17, 15) is 14.0 Å². The first-order valence-corrected chi connectivity index (χ1v) is 10.1. The molecule has 0 aliphatic heterocycles. The first-order chi connectivity index (χ1) is 14.0. The Labute approximate surface area is 172 Å². The second-order valence-corrected chi connectivity index (χ2v) is 7.26. The molecule has 1 amide bonds. The number of amides is 1. The van der Waals surface area contributed by atoms with Crippen molar-refractivity contribution >= 4 is 34.0 Å². The van der Waals surface area contributed by atoms with Crippen LogP contribution in [0.15, 0.2) is 53.9 Å². The van der Waals surface area contributed by atoms with Crippen LogP contribution in [0, 0.1) is 5.82 Å². The zero-order valence-electron chi connectivity index (χ0n) is 16.2. The smallest absolute Gasteiger partial charge is 0.310 e. The first kappa shape index (κ1) is 20.7. The number of nitrogens with zero attached hydrogens (tertiary/aromatic N) is 2. The van der Waals surface area contributed by atoms with Crippen LogP contribution >= 0.6 is 11.3 Å². The van der Waals surface area contributed by atoms with Crippen molar-refractivity contribution < 1.29 is 18.7 Å². The normalized spacial score (nSPS) is 10.6. The minimum atomic E-state index is -0.425. The van der Waals surface area contributed by atoms with Gasteiger partial charge in [-0.3, -0.25) is 14.5 Å². The van der Waals surface area contributed by atoms with Gasteiger partial charge in [-0.2, -0.15) is 0 Å². The van der Waals surface area contributed by atoms with Crippen LogP contribution in [0.2, 0.25) is 0 Å². The van der Waals surface area contributed by atoms with E-state index in [0.717, 1.165) is 17.7 Å². The standard InChI is InChI=1S/C22H21FN2O3S/c1-3-17-6-4-5-7-20(17)25(15(2)26)22-24-19(14-29-22)13-28-21(27)12-16-8-10-18(23)11-9-16/h4-11,14H,3,12-13H2,1-2H3. The number of ether oxygens (including phenoxy) is 1. The molecule has 0 fully saturated rings. The van der Waals surface area contributed by atoms with Crippen molar-refractivity contribution in [2.45, 2.75) is 33.3 Å². The van der Waals surface area contributed by atoms with Gasteiger partial charge in [-0.05, 0) is 35.7 Å². The van der Waals surface area contributed by atoms with Crippen molar-refractivity contribution in [3.8, 4) is 0 Å². The molecular weight excluding hydrogens is 391 g/mol. The SMILES string of the molecule is CCc1ccccc1N(C(C)=O)c1nc(COC(=O)Cc2ccc(F)cc2)cs1. The zero-order valence-corrected chi connectivity index (χ0v) is 17.0. The number of hydrogen-bond donors (Lipinski definition) is 0. The summed E-state index contributed by atoms with van der Waals surface area (Å²) in [5, 5.41) is 2.30. The average molecular weight is 412 g/mol. The maximum atomic E-state index is 12.9. The zero-order chi connectivity index (χ0) is 20.8. The predicted octanol–water partition coefficient (Wildman–Crippen LogP) is 4.82. The highest BCUT2D eigenvalue weighted by Gasteiger charge is 2.20. The fourth-order valence-corrected chi connectivity index (χ4v) is 3.74. The lowest BCUT2D eigenvalue weighted by Gasteiger charge is -2.20. The van der Waals surface area contributed by atoms with Crippen molar-refractivity contribution in [3.63, 3.8) is 0 Å². The van der Waals surface area contributed by atoms with Crippen LogP contribution < -0.4 is 4.90 Å². The van der Waals surface area contributed by atoms with Crippen molar-refractivity contribution in [3.05, 3.63) is 76.5 Å². The Morgan fingerprint density at radius 2 is 1.86 bits per heavy atom. The molecule has 7 heteroatoms. The summed E-state index contributed by atoms with van der Waals surface area (Å²) in [4.78, 5) is 30.4. The molecule has 0 saturated heterocycles. The monoisotopic (exact) mass is 412 g/mol. The van der Waals surface area contributed by atoms with Crippen LogP contribution in [0.3, 0.4) is 0 Å². The number of halogens is 1. The van der Waals surface area contributed by atoms with Gasteiger partial charge in [-0.1, -0.05) is 37.3 Å². The molecule has 0 aliphatic rings. The molecule has 0 radical (unpaired) electrons.